The monoisotopic (exact) mass is 238 g/mol. The molecule has 5 nitrogen and oxygen atoms in total. The van der Waals surface area contributed by atoms with Gasteiger partial charge in [0.15, 0.2) is 0 Å². The van der Waals surface area contributed by atoms with Crippen molar-refractivity contribution in [2.75, 3.05) is 31.2 Å². The van der Waals surface area contributed by atoms with E-state index in [9.17, 15) is 4.79 Å². The first-order chi connectivity index (χ1) is 8.20. The smallest absolute Gasteiger partial charge is 0.337 e. The van der Waals surface area contributed by atoms with E-state index in [1.54, 1.807) is 6.20 Å². The Balaban J connectivity index is 2.83. The number of carboxylic acid groups (broad SMARTS) is 1. The van der Waals surface area contributed by atoms with Crippen LogP contribution in [-0.2, 0) is 4.74 Å². The SMILES string of the molecule is CCOCCN(CC)c1cnccc1C(=O)O. The zero-order valence-corrected chi connectivity index (χ0v) is 10.2. The van der Waals surface area contributed by atoms with E-state index < -0.39 is 5.97 Å². The van der Waals surface area contributed by atoms with Crippen molar-refractivity contribution in [2.24, 2.45) is 0 Å². The number of aromatic carboxylic acids is 1. The largest absolute Gasteiger partial charge is 0.478 e. The average Bonchev–Trinajstić information content (AvgIpc) is 2.35. The van der Waals surface area contributed by atoms with E-state index in [2.05, 4.69) is 4.98 Å². The van der Waals surface area contributed by atoms with Gasteiger partial charge in [-0.2, -0.15) is 0 Å². The van der Waals surface area contributed by atoms with Crippen LogP contribution in [0.2, 0.25) is 0 Å². The number of nitrogens with zero attached hydrogens (tertiary/aromatic N) is 2. The Hall–Kier alpha value is -1.62. The van der Waals surface area contributed by atoms with Gasteiger partial charge < -0.3 is 14.7 Å². The highest BCUT2D eigenvalue weighted by Crippen LogP contribution is 2.18. The zero-order valence-electron chi connectivity index (χ0n) is 10.2. The summed E-state index contributed by atoms with van der Waals surface area (Å²) in [6, 6.07) is 1.51. The first kappa shape index (κ1) is 13.4. The fourth-order valence-electron chi connectivity index (χ4n) is 1.59. The minimum absolute atomic E-state index is 0.276. The number of rotatable bonds is 7. The highest BCUT2D eigenvalue weighted by Gasteiger charge is 2.14. The molecule has 0 atom stereocenters. The average molecular weight is 238 g/mol. The molecule has 0 spiro atoms. The number of ether oxygens (including phenoxy) is 1. The molecule has 1 heterocycles. The van der Waals surface area contributed by atoms with Crippen molar-refractivity contribution in [3.63, 3.8) is 0 Å². The number of hydrogen-bond donors (Lipinski definition) is 1. The maximum Gasteiger partial charge on any atom is 0.337 e. The van der Waals surface area contributed by atoms with Crippen LogP contribution in [0.4, 0.5) is 5.69 Å². The van der Waals surface area contributed by atoms with E-state index in [1.165, 1.54) is 12.3 Å². The van der Waals surface area contributed by atoms with E-state index in [0.717, 1.165) is 6.54 Å². The fraction of sp³-hybridized carbons (Fsp3) is 0.500. The third-order valence-corrected chi connectivity index (χ3v) is 2.46. The first-order valence-electron chi connectivity index (χ1n) is 5.70. The van der Waals surface area contributed by atoms with Gasteiger partial charge in [0, 0.05) is 25.9 Å². The highest BCUT2D eigenvalue weighted by molar-refractivity contribution is 5.94. The van der Waals surface area contributed by atoms with Gasteiger partial charge in [-0.3, -0.25) is 4.98 Å². The van der Waals surface area contributed by atoms with Crippen LogP contribution in [0.1, 0.15) is 24.2 Å². The third kappa shape index (κ3) is 3.71. The van der Waals surface area contributed by atoms with Gasteiger partial charge in [0.2, 0.25) is 0 Å². The lowest BCUT2D eigenvalue weighted by Gasteiger charge is -2.23. The molecule has 1 aromatic rings. The molecule has 5 heteroatoms. The number of likely N-dealkylation sites (N-methyl/N-ethyl adjacent to an activating group) is 1. The number of anilines is 1. The van der Waals surface area contributed by atoms with Crippen molar-refractivity contribution in [3.05, 3.63) is 24.0 Å². The lowest BCUT2D eigenvalue weighted by atomic mass is 10.2. The lowest BCUT2D eigenvalue weighted by Crippen LogP contribution is -2.28. The minimum Gasteiger partial charge on any atom is -0.478 e. The summed E-state index contributed by atoms with van der Waals surface area (Å²) >= 11 is 0. The van der Waals surface area contributed by atoms with Crippen LogP contribution in [0, 0.1) is 0 Å². The molecular formula is C12H18N2O3. The number of carboxylic acids is 1. The maximum absolute atomic E-state index is 11.1. The summed E-state index contributed by atoms with van der Waals surface area (Å²) < 4.78 is 5.28. The normalized spacial score (nSPS) is 10.2. The van der Waals surface area contributed by atoms with Crippen molar-refractivity contribution >= 4 is 11.7 Å². The van der Waals surface area contributed by atoms with Gasteiger partial charge in [-0.15, -0.1) is 0 Å². The van der Waals surface area contributed by atoms with E-state index in [-0.39, 0.29) is 5.56 Å². The molecule has 0 fully saturated rings. The standard InChI is InChI=1S/C12H18N2O3/c1-3-14(7-8-17-4-2)11-9-13-6-5-10(11)12(15)16/h5-6,9H,3-4,7-8H2,1-2H3,(H,15,16). The quantitative estimate of drug-likeness (QED) is 0.732. The van der Waals surface area contributed by atoms with E-state index in [1.807, 2.05) is 18.7 Å². The molecule has 17 heavy (non-hydrogen) atoms. The molecule has 1 N–H and O–H groups in total. The zero-order chi connectivity index (χ0) is 12.7. The number of pyridine rings is 1. The van der Waals surface area contributed by atoms with Crippen LogP contribution in [0.3, 0.4) is 0 Å². The van der Waals surface area contributed by atoms with Crippen LogP contribution in [0.15, 0.2) is 18.5 Å². The Morgan fingerprint density at radius 3 is 2.88 bits per heavy atom. The van der Waals surface area contributed by atoms with Crippen LogP contribution < -0.4 is 4.90 Å². The summed E-state index contributed by atoms with van der Waals surface area (Å²) in [4.78, 5) is 17.0. The molecular weight excluding hydrogens is 220 g/mol. The van der Waals surface area contributed by atoms with Gasteiger partial charge in [0.25, 0.3) is 0 Å². The molecule has 0 aliphatic rings. The highest BCUT2D eigenvalue weighted by atomic mass is 16.5. The van der Waals surface area contributed by atoms with Crippen LogP contribution >= 0.6 is 0 Å². The Morgan fingerprint density at radius 2 is 2.29 bits per heavy atom. The van der Waals surface area contributed by atoms with Crippen LogP contribution in [0.5, 0.6) is 0 Å². The number of carbonyl (C=O) groups is 1. The van der Waals surface area contributed by atoms with Gasteiger partial charge in [0.1, 0.15) is 0 Å². The summed E-state index contributed by atoms with van der Waals surface area (Å²) in [5.41, 5.74) is 0.917. The Morgan fingerprint density at radius 1 is 1.53 bits per heavy atom. The second-order valence-electron chi connectivity index (χ2n) is 3.47. The molecule has 0 saturated heterocycles. The summed E-state index contributed by atoms with van der Waals surface area (Å²) in [7, 11) is 0. The molecule has 1 rings (SSSR count). The van der Waals surface area contributed by atoms with Crippen molar-refractivity contribution < 1.29 is 14.6 Å². The lowest BCUT2D eigenvalue weighted by molar-refractivity contribution is 0.0697. The minimum atomic E-state index is -0.933. The van der Waals surface area contributed by atoms with Gasteiger partial charge in [0.05, 0.1) is 24.1 Å². The number of hydrogen-bond acceptors (Lipinski definition) is 4. The molecule has 0 amide bonds. The molecule has 1 aromatic heterocycles. The Bertz CT molecular complexity index is 369. The molecule has 0 aromatic carbocycles. The van der Waals surface area contributed by atoms with Gasteiger partial charge in [-0.1, -0.05) is 0 Å². The predicted octanol–water partition coefficient (Wildman–Crippen LogP) is 1.64. The van der Waals surface area contributed by atoms with Crippen LogP contribution in [-0.4, -0.2) is 42.4 Å². The molecule has 0 saturated carbocycles. The van der Waals surface area contributed by atoms with Crippen LogP contribution in [0.25, 0.3) is 0 Å². The van der Waals surface area contributed by atoms with Crippen molar-refractivity contribution in [2.45, 2.75) is 13.8 Å². The second kappa shape index (κ2) is 6.85. The van der Waals surface area contributed by atoms with E-state index in [0.29, 0.717) is 25.4 Å². The molecule has 0 radical (unpaired) electrons. The topological polar surface area (TPSA) is 62.7 Å². The molecule has 94 valence electrons. The van der Waals surface area contributed by atoms with Crippen molar-refractivity contribution in [1.29, 1.82) is 0 Å². The summed E-state index contributed by atoms with van der Waals surface area (Å²) in [6.07, 6.45) is 3.07. The summed E-state index contributed by atoms with van der Waals surface area (Å²) in [5.74, 6) is -0.933. The Kier molecular flexibility index (Phi) is 5.42. The van der Waals surface area contributed by atoms with Gasteiger partial charge >= 0.3 is 5.97 Å². The molecule has 0 aliphatic heterocycles. The van der Waals surface area contributed by atoms with Crippen molar-refractivity contribution in [1.82, 2.24) is 4.98 Å². The Labute approximate surface area is 101 Å². The first-order valence-corrected chi connectivity index (χ1v) is 5.70. The van der Waals surface area contributed by atoms with Gasteiger partial charge in [-0.05, 0) is 19.9 Å². The van der Waals surface area contributed by atoms with E-state index >= 15 is 0 Å². The van der Waals surface area contributed by atoms with Gasteiger partial charge in [-0.25, -0.2) is 4.79 Å². The maximum atomic E-state index is 11.1. The fourth-order valence-corrected chi connectivity index (χ4v) is 1.59. The van der Waals surface area contributed by atoms with E-state index in [4.69, 9.17) is 9.84 Å². The number of aromatic nitrogens is 1. The molecule has 0 bridgehead atoms. The molecule has 0 unspecified atom stereocenters. The van der Waals surface area contributed by atoms with Crippen molar-refractivity contribution in [3.8, 4) is 0 Å². The summed E-state index contributed by atoms with van der Waals surface area (Å²) in [5, 5.41) is 9.10. The second-order valence-corrected chi connectivity index (χ2v) is 3.47. The predicted molar refractivity (Wildman–Crippen MR) is 65.6 cm³/mol. The summed E-state index contributed by atoms with van der Waals surface area (Å²) in [6.45, 7) is 6.54. The molecule has 0 aliphatic carbocycles. The third-order valence-electron chi connectivity index (χ3n) is 2.46.